The Morgan fingerprint density at radius 2 is 1.71 bits per heavy atom. The minimum atomic E-state index is -1.02. The Balaban J connectivity index is 1.91. The van der Waals surface area contributed by atoms with Crippen LogP contribution in [0, 0.1) is 0 Å². The summed E-state index contributed by atoms with van der Waals surface area (Å²) in [4.78, 5) is 26.7. The maximum Gasteiger partial charge on any atom is 0.325 e. The van der Waals surface area contributed by atoms with Crippen LogP contribution in [0.3, 0.4) is 0 Å². The number of benzene rings is 2. The van der Waals surface area contributed by atoms with Gasteiger partial charge in [0.25, 0.3) is 5.91 Å². The highest BCUT2D eigenvalue weighted by Gasteiger charge is 2.51. The van der Waals surface area contributed by atoms with Crippen LogP contribution in [-0.4, -0.2) is 23.9 Å². The topological polar surface area (TPSA) is 58.6 Å². The van der Waals surface area contributed by atoms with Gasteiger partial charge in [-0.05, 0) is 29.7 Å². The zero-order chi connectivity index (χ0) is 17.2. The molecule has 0 bridgehead atoms. The molecule has 1 aliphatic heterocycles. The lowest BCUT2D eigenvalue weighted by Crippen LogP contribution is -2.43. The van der Waals surface area contributed by atoms with Gasteiger partial charge >= 0.3 is 6.03 Å². The van der Waals surface area contributed by atoms with E-state index < -0.39 is 5.54 Å². The maximum atomic E-state index is 13.0. The van der Waals surface area contributed by atoms with Gasteiger partial charge in [-0.2, -0.15) is 0 Å². The Labute approximate surface area is 141 Å². The Morgan fingerprint density at radius 1 is 1.04 bits per heavy atom. The van der Waals surface area contributed by atoms with Gasteiger partial charge in [-0.1, -0.05) is 49.4 Å². The molecule has 0 spiro atoms. The van der Waals surface area contributed by atoms with Crippen molar-refractivity contribution in [2.75, 3.05) is 7.11 Å². The molecule has 2 aromatic carbocycles. The summed E-state index contributed by atoms with van der Waals surface area (Å²) >= 11 is 0. The maximum absolute atomic E-state index is 13.0. The number of rotatable bonds is 5. The predicted molar refractivity (Wildman–Crippen MR) is 90.5 cm³/mol. The molecule has 0 saturated carbocycles. The van der Waals surface area contributed by atoms with Gasteiger partial charge in [0.05, 0.1) is 13.7 Å². The average Bonchev–Trinajstić information content (AvgIpc) is 2.88. The monoisotopic (exact) mass is 324 g/mol. The summed E-state index contributed by atoms with van der Waals surface area (Å²) < 4.78 is 5.16. The summed E-state index contributed by atoms with van der Waals surface area (Å²) in [6, 6.07) is 16.4. The number of carbonyl (C=O) groups is 2. The van der Waals surface area contributed by atoms with Gasteiger partial charge in [-0.15, -0.1) is 0 Å². The molecule has 1 atom stereocenters. The van der Waals surface area contributed by atoms with E-state index in [1.165, 1.54) is 4.90 Å². The molecule has 1 fully saturated rings. The fraction of sp³-hybridized carbons (Fsp3) is 0.263. The Morgan fingerprint density at radius 3 is 2.29 bits per heavy atom. The molecule has 3 amide bonds. The average molecular weight is 324 g/mol. The highest BCUT2D eigenvalue weighted by atomic mass is 16.5. The van der Waals surface area contributed by atoms with Crippen molar-refractivity contribution in [1.82, 2.24) is 10.2 Å². The number of nitrogens with zero attached hydrogens (tertiary/aromatic N) is 1. The first-order chi connectivity index (χ1) is 11.6. The molecule has 1 saturated heterocycles. The number of nitrogens with one attached hydrogen (secondary N) is 1. The van der Waals surface area contributed by atoms with Crippen molar-refractivity contribution in [3.63, 3.8) is 0 Å². The summed E-state index contributed by atoms with van der Waals surface area (Å²) in [5.74, 6) is 0.493. The fourth-order valence-electron chi connectivity index (χ4n) is 3.05. The van der Waals surface area contributed by atoms with Crippen molar-refractivity contribution in [2.45, 2.75) is 25.4 Å². The zero-order valence-electron chi connectivity index (χ0n) is 13.8. The Kier molecular flexibility index (Phi) is 4.25. The van der Waals surface area contributed by atoms with Gasteiger partial charge in [0.15, 0.2) is 0 Å². The van der Waals surface area contributed by atoms with Crippen LogP contribution in [-0.2, 0) is 16.9 Å². The molecular formula is C19H20N2O3. The van der Waals surface area contributed by atoms with E-state index in [9.17, 15) is 9.59 Å². The quantitative estimate of drug-likeness (QED) is 0.860. The molecule has 3 rings (SSSR count). The van der Waals surface area contributed by atoms with Gasteiger partial charge in [0.2, 0.25) is 0 Å². The second-order valence-electron chi connectivity index (χ2n) is 5.79. The molecule has 1 N–H and O–H groups in total. The Hall–Kier alpha value is -2.82. The van der Waals surface area contributed by atoms with Crippen LogP contribution < -0.4 is 10.1 Å². The first-order valence-electron chi connectivity index (χ1n) is 7.93. The van der Waals surface area contributed by atoms with E-state index in [0.29, 0.717) is 12.2 Å². The van der Waals surface area contributed by atoms with Crippen molar-refractivity contribution in [3.8, 4) is 5.75 Å². The minimum Gasteiger partial charge on any atom is -0.497 e. The SMILES string of the molecule is CC[C@]1(c2ccc(OC)cc2)NC(=O)N(Cc2ccccc2)C1=O. The molecule has 1 heterocycles. The van der Waals surface area contributed by atoms with E-state index in [4.69, 9.17) is 4.74 Å². The highest BCUT2D eigenvalue weighted by Crippen LogP contribution is 2.34. The lowest BCUT2D eigenvalue weighted by atomic mass is 9.87. The number of ether oxygens (including phenoxy) is 1. The summed E-state index contributed by atoms with van der Waals surface area (Å²) in [5, 5.41) is 2.89. The van der Waals surface area contributed by atoms with Crippen molar-refractivity contribution < 1.29 is 14.3 Å². The van der Waals surface area contributed by atoms with Gasteiger partial charge < -0.3 is 10.1 Å². The second-order valence-corrected chi connectivity index (χ2v) is 5.79. The summed E-state index contributed by atoms with van der Waals surface area (Å²) in [6.07, 6.45) is 0.481. The van der Waals surface area contributed by atoms with E-state index in [-0.39, 0.29) is 18.5 Å². The fourth-order valence-corrected chi connectivity index (χ4v) is 3.05. The number of carbonyl (C=O) groups excluding carboxylic acids is 2. The Bertz CT molecular complexity index is 743. The molecule has 1 aliphatic rings. The molecular weight excluding hydrogens is 304 g/mol. The molecule has 0 radical (unpaired) electrons. The number of methoxy groups -OCH3 is 1. The largest absolute Gasteiger partial charge is 0.497 e. The number of hydrogen-bond donors (Lipinski definition) is 1. The van der Waals surface area contributed by atoms with Crippen molar-refractivity contribution >= 4 is 11.9 Å². The van der Waals surface area contributed by atoms with Crippen LogP contribution in [0.1, 0.15) is 24.5 Å². The molecule has 5 nitrogen and oxygen atoms in total. The van der Waals surface area contributed by atoms with Crippen LogP contribution in [0.2, 0.25) is 0 Å². The van der Waals surface area contributed by atoms with Crippen LogP contribution >= 0.6 is 0 Å². The number of amides is 3. The number of hydrogen-bond acceptors (Lipinski definition) is 3. The van der Waals surface area contributed by atoms with Crippen LogP contribution in [0.15, 0.2) is 54.6 Å². The predicted octanol–water partition coefficient (Wildman–Crippen LogP) is 3.05. The third kappa shape index (κ3) is 2.62. The molecule has 0 aliphatic carbocycles. The number of urea groups is 1. The van der Waals surface area contributed by atoms with Crippen LogP contribution in [0.4, 0.5) is 4.79 Å². The molecule has 2 aromatic rings. The zero-order valence-corrected chi connectivity index (χ0v) is 13.8. The van der Waals surface area contributed by atoms with Gasteiger partial charge in [0.1, 0.15) is 11.3 Å². The molecule has 5 heteroatoms. The van der Waals surface area contributed by atoms with E-state index in [2.05, 4.69) is 5.32 Å². The standard InChI is InChI=1S/C19H20N2O3/c1-3-19(15-9-11-16(24-2)12-10-15)17(22)21(18(23)20-19)13-14-7-5-4-6-8-14/h4-12H,3,13H2,1-2H3,(H,20,23)/t19-/m1/s1. The van der Waals surface area contributed by atoms with Crippen molar-refractivity contribution in [1.29, 1.82) is 0 Å². The van der Waals surface area contributed by atoms with Crippen molar-refractivity contribution in [3.05, 3.63) is 65.7 Å². The smallest absolute Gasteiger partial charge is 0.325 e. The first kappa shape index (κ1) is 16.1. The third-order valence-electron chi connectivity index (χ3n) is 4.47. The lowest BCUT2D eigenvalue weighted by molar-refractivity contribution is -0.132. The van der Waals surface area contributed by atoms with Crippen LogP contribution in [0.25, 0.3) is 0 Å². The molecule has 0 aromatic heterocycles. The summed E-state index contributed by atoms with van der Waals surface area (Å²) in [7, 11) is 1.59. The molecule has 24 heavy (non-hydrogen) atoms. The van der Waals surface area contributed by atoms with Gasteiger partial charge in [0, 0.05) is 0 Å². The lowest BCUT2D eigenvalue weighted by Gasteiger charge is -2.26. The number of imide groups is 1. The van der Waals surface area contributed by atoms with Crippen LogP contribution in [0.5, 0.6) is 5.75 Å². The normalized spacial score (nSPS) is 20.2. The van der Waals surface area contributed by atoms with Gasteiger partial charge in [-0.25, -0.2) is 4.79 Å². The molecule has 0 unspecified atom stereocenters. The molecule has 124 valence electrons. The summed E-state index contributed by atoms with van der Waals surface area (Å²) in [6.45, 7) is 2.16. The van der Waals surface area contributed by atoms with E-state index >= 15 is 0 Å². The second kappa shape index (κ2) is 6.35. The highest BCUT2D eigenvalue weighted by molar-refractivity contribution is 6.07. The first-order valence-corrected chi connectivity index (χ1v) is 7.93. The van der Waals surface area contributed by atoms with Crippen molar-refractivity contribution in [2.24, 2.45) is 0 Å². The van der Waals surface area contributed by atoms with E-state index in [1.807, 2.05) is 49.4 Å². The van der Waals surface area contributed by atoms with E-state index in [0.717, 1.165) is 11.1 Å². The summed E-state index contributed by atoms with van der Waals surface area (Å²) in [5.41, 5.74) is 0.667. The van der Waals surface area contributed by atoms with Gasteiger partial charge in [-0.3, -0.25) is 9.69 Å². The third-order valence-corrected chi connectivity index (χ3v) is 4.47. The minimum absolute atomic E-state index is 0.219. The van der Waals surface area contributed by atoms with E-state index in [1.54, 1.807) is 19.2 Å².